The quantitative estimate of drug-likeness (QED) is 0.317. The van der Waals surface area contributed by atoms with Crippen molar-refractivity contribution in [2.24, 2.45) is 0 Å². The maximum Gasteiger partial charge on any atom is 0.195 e. The molecule has 0 aliphatic rings. The van der Waals surface area contributed by atoms with Gasteiger partial charge in [0.1, 0.15) is 6.10 Å². The Morgan fingerprint density at radius 3 is 1.64 bits per heavy atom. The van der Waals surface area contributed by atoms with Gasteiger partial charge in [0.05, 0.1) is 0 Å². The lowest BCUT2D eigenvalue weighted by molar-refractivity contribution is 0.0747. The molecule has 0 saturated carbocycles. The van der Waals surface area contributed by atoms with Gasteiger partial charge in [-0.05, 0) is 47.9 Å². The van der Waals surface area contributed by atoms with Crippen molar-refractivity contribution in [1.82, 2.24) is 0 Å². The van der Waals surface area contributed by atoms with Gasteiger partial charge in [-0.1, -0.05) is 99.5 Å². The first kappa shape index (κ1) is 24.6. The van der Waals surface area contributed by atoms with Crippen LogP contribution in [0.4, 0.5) is 0 Å². The second-order valence-electron chi connectivity index (χ2n) is 8.71. The fourth-order valence-electron chi connectivity index (χ4n) is 3.87. The third-order valence-corrected chi connectivity index (χ3v) is 6.06. The number of rotatable bonds is 12. The lowest BCUT2D eigenvalue weighted by atomic mass is 9.96. The predicted octanol–water partition coefficient (Wildman–Crippen LogP) is 6.71. The molecule has 33 heavy (non-hydrogen) atoms. The fourth-order valence-corrected chi connectivity index (χ4v) is 3.87. The summed E-state index contributed by atoms with van der Waals surface area (Å²) < 4.78 is 0. The highest BCUT2D eigenvalue weighted by Gasteiger charge is 2.19. The van der Waals surface area contributed by atoms with Gasteiger partial charge in [0.25, 0.3) is 0 Å². The molecule has 0 fully saturated rings. The van der Waals surface area contributed by atoms with E-state index in [1.54, 1.807) is 36.4 Å². The highest BCUT2D eigenvalue weighted by Crippen LogP contribution is 2.21. The first-order chi connectivity index (χ1) is 16.0. The number of hydrogen-bond donors (Lipinski definition) is 1. The summed E-state index contributed by atoms with van der Waals surface area (Å²) in [6.45, 7) is 4.33. The number of benzene rings is 3. The monoisotopic (exact) mass is 442 g/mol. The van der Waals surface area contributed by atoms with Gasteiger partial charge in [-0.2, -0.15) is 0 Å². The van der Waals surface area contributed by atoms with Crippen LogP contribution in [0.1, 0.15) is 88.6 Å². The molecule has 3 aromatic rings. The summed E-state index contributed by atoms with van der Waals surface area (Å²) in [4.78, 5) is 25.4. The smallest absolute Gasteiger partial charge is 0.195 e. The van der Waals surface area contributed by atoms with Gasteiger partial charge >= 0.3 is 0 Å². The second kappa shape index (κ2) is 12.3. The number of carbonyl (C=O) groups is 2. The van der Waals surface area contributed by atoms with E-state index in [0.29, 0.717) is 23.1 Å². The molecular weight excluding hydrogens is 408 g/mol. The van der Waals surface area contributed by atoms with Crippen molar-refractivity contribution in [1.29, 1.82) is 0 Å². The standard InChI is InChI=1S/C30H34O3/c1-3-5-7-22-9-11-24(12-10-22)21-28(31)25-17-19-27(20-18-25)30(33)29(32)26-15-13-23(14-16-26)8-6-4-2/h9-20,30,33H,3-8,21H2,1-2H3. The largest absolute Gasteiger partial charge is 0.380 e. The van der Waals surface area contributed by atoms with E-state index in [9.17, 15) is 14.7 Å². The van der Waals surface area contributed by atoms with Crippen LogP contribution in [0.15, 0.2) is 72.8 Å². The maximum absolute atomic E-state index is 12.7. The van der Waals surface area contributed by atoms with Crippen molar-refractivity contribution in [2.45, 2.75) is 64.9 Å². The Hall–Kier alpha value is -3.04. The summed E-state index contributed by atoms with van der Waals surface area (Å²) in [5.74, 6) is -0.314. The molecule has 0 radical (unpaired) electrons. The first-order valence-corrected chi connectivity index (χ1v) is 12.0. The number of hydrogen-bond acceptors (Lipinski definition) is 3. The summed E-state index contributed by atoms with van der Waals surface area (Å²) in [5, 5.41) is 10.6. The molecule has 0 amide bonds. The van der Waals surface area contributed by atoms with Crippen molar-refractivity contribution in [2.75, 3.05) is 0 Å². The minimum absolute atomic E-state index is 0.0198. The molecule has 3 nitrogen and oxygen atoms in total. The summed E-state index contributed by atoms with van der Waals surface area (Å²) in [6, 6.07) is 22.4. The van der Waals surface area contributed by atoms with Gasteiger partial charge in [-0.15, -0.1) is 0 Å². The number of unbranched alkanes of at least 4 members (excludes halogenated alkanes) is 2. The van der Waals surface area contributed by atoms with E-state index < -0.39 is 6.10 Å². The molecule has 1 unspecified atom stereocenters. The summed E-state index contributed by atoms with van der Waals surface area (Å²) in [6.07, 6.45) is 5.73. The third kappa shape index (κ3) is 6.97. The Kier molecular flexibility index (Phi) is 9.14. The molecule has 0 aliphatic carbocycles. The van der Waals surface area contributed by atoms with Gasteiger partial charge in [-0.3, -0.25) is 9.59 Å². The Morgan fingerprint density at radius 2 is 1.12 bits per heavy atom. The van der Waals surface area contributed by atoms with Crippen LogP contribution in [0.2, 0.25) is 0 Å². The van der Waals surface area contributed by atoms with Crippen molar-refractivity contribution in [3.63, 3.8) is 0 Å². The Morgan fingerprint density at radius 1 is 0.667 bits per heavy atom. The molecule has 3 heteroatoms. The molecule has 172 valence electrons. The highest BCUT2D eigenvalue weighted by atomic mass is 16.3. The fraction of sp³-hybridized carbons (Fsp3) is 0.333. The minimum Gasteiger partial charge on any atom is -0.380 e. The SMILES string of the molecule is CCCCc1ccc(CC(=O)c2ccc(C(O)C(=O)c3ccc(CCCC)cc3)cc2)cc1. The summed E-state index contributed by atoms with van der Waals surface area (Å²) in [7, 11) is 0. The van der Waals surface area contributed by atoms with Crippen molar-refractivity contribution >= 4 is 11.6 Å². The van der Waals surface area contributed by atoms with Gasteiger partial charge in [0.15, 0.2) is 11.6 Å². The van der Waals surface area contributed by atoms with E-state index in [-0.39, 0.29) is 11.6 Å². The van der Waals surface area contributed by atoms with E-state index in [2.05, 4.69) is 26.0 Å². The molecule has 3 rings (SSSR count). The van der Waals surface area contributed by atoms with Gasteiger partial charge < -0.3 is 5.11 Å². The molecule has 0 spiro atoms. The van der Waals surface area contributed by atoms with Crippen molar-refractivity contribution in [3.05, 3.63) is 106 Å². The molecular formula is C30H34O3. The average Bonchev–Trinajstić information content (AvgIpc) is 2.86. The van der Waals surface area contributed by atoms with E-state index in [1.165, 1.54) is 24.0 Å². The van der Waals surface area contributed by atoms with Crippen molar-refractivity contribution < 1.29 is 14.7 Å². The zero-order valence-electron chi connectivity index (χ0n) is 19.7. The maximum atomic E-state index is 12.7. The lowest BCUT2D eigenvalue weighted by Gasteiger charge is -2.11. The second-order valence-corrected chi connectivity index (χ2v) is 8.71. The molecule has 0 saturated heterocycles. The van der Waals surface area contributed by atoms with E-state index in [0.717, 1.165) is 31.2 Å². The van der Waals surface area contributed by atoms with Crippen LogP contribution in [0.3, 0.4) is 0 Å². The number of aliphatic hydroxyl groups is 1. The van der Waals surface area contributed by atoms with Crippen molar-refractivity contribution in [3.8, 4) is 0 Å². The van der Waals surface area contributed by atoms with Crippen LogP contribution in [0.5, 0.6) is 0 Å². The molecule has 0 heterocycles. The normalized spacial score (nSPS) is 11.8. The number of Topliss-reactive ketones (excluding diaryl/α,β-unsaturated/α-hetero) is 2. The van der Waals surface area contributed by atoms with Gasteiger partial charge in [-0.25, -0.2) is 0 Å². The molecule has 1 atom stereocenters. The van der Waals surface area contributed by atoms with Crippen LogP contribution >= 0.6 is 0 Å². The van der Waals surface area contributed by atoms with Crippen LogP contribution in [0, 0.1) is 0 Å². The lowest BCUT2D eigenvalue weighted by Crippen LogP contribution is -2.13. The number of carbonyl (C=O) groups excluding carboxylic acids is 2. The Balaban J connectivity index is 1.60. The average molecular weight is 443 g/mol. The molecule has 0 bridgehead atoms. The zero-order chi connectivity index (χ0) is 23.6. The first-order valence-electron chi connectivity index (χ1n) is 12.0. The van der Waals surface area contributed by atoms with Gasteiger partial charge in [0, 0.05) is 17.5 Å². The number of ketones is 2. The van der Waals surface area contributed by atoms with Crippen LogP contribution in [0.25, 0.3) is 0 Å². The van der Waals surface area contributed by atoms with Crippen LogP contribution in [-0.4, -0.2) is 16.7 Å². The number of aliphatic hydroxyl groups excluding tert-OH is 1. The highest BCUT2D eigenvalue weighted by molar-refractivity contribution is 6.00. The summed E-state index contributed by atoms with van der Waals surface area (Å²) in [5.41, 5.74) is 5.04. The molecule has 0 aromatic heterocycles. The van der Waals surface area contributed by atoms with E-state index in [1.807, 2.05) is 24.3 Å². The summed E-state index contributed by atoms with van der Waals surface area (Å²) >= 11 is 0. The Labute approximate surface area is 197 Å². The molecule has 1 N–H and O–H groups in total. The molecule has 3 aromatic carbocycles. The van der Waals surface area contributed by atoms with Crippen LogP contribution in [-0.2, 0) is 19.3 Å². The minimum atomic E-state index is -1.24. The van der Waals surface area contributed by atoms with E-state index >= 15 is 0 Å². The predicted molar refractivity (Wildman–Crippen MR) is 134 cm³/mol. The number of aryl methyl sites for hydroxylation is 2. The topological polar surface area (TPSA) is 54.4 Å². The van der Waals surface area contributed by atoms with E-state index in [4.69, 9.17) is 0 Å². The van der Waals surface area contributed by atoms with Gasteiger partial charge in [0.2, 0.25) is 0 Å². The third-order valence-electron chi connectivity index (χ3n) is 6.06. The molecule has 0 aliphatic heterocycles. The van der Waals surface area contributed by atoms with Crippen LogP contribution < -0.4 is 0 Å². The Bertz CT molecular complexity index is 1030. The zero-order valence-corrected chi connectivity index (χ0v) is 19.7.